The molecule has 1 atom stereocenters. The van der Waals surface area contributed by atoms with Gasteiger partial charge >= 0.3 is 5.97 Å². The summed E-state index contributed by atoms with van der Waals surface area (Å²) in [6.45, 7) is 0.646. The van der Waals surface area contributed by atoms with Crippen LogP contribution in [0, 0.1) is 0 Å². The van der Waals surface area contributed by atoms with Crippen LogP contribution in [0.5, 0.6) is 0 Å². The topological polar surface area (TPSA) is 70.5 Å². The largest absolute Gasteiger partial charge is 0.477 e. The number of likely N-dealkylation sites (tertiary alicyclic amines) is 1. The molecule has 2 aromatic rings. The van der Waals surface area contributed by atoms with Crippen LogP contribution in [0.1, 0.15) is 39.4 Å². The zero-order valence-electron chi connectivity index (χ0n) is 13.0. The minimum atomic E-state index is -1.14. The van der Waals surface area contributed by atoms with Crippen molar-refractivity contribution in [2.24, 2.45) is 0 Å². The van der Waals surface area contributed by atoms with E-state index >= 15 is 0 Å². The third-order valence-electron chi connectivity index (χ3n) is 4.24. The van der Waals surface area contributed by atoms with Crippen molar-refractivity contribution in [3.63, 3.8) is 0 Å². The first-order valence-corrected chi connectivity index (χ1v) is 8.19. The van der Waals surface area contributed by atoms with E-state index in [0.29, 0.717) is 18.0 Å². The molecule has 24 heavy (non-hydrogen) atoms. The van der Waals surface area contributed by atoms with E-state index in [4.69, 9.17) is 16.7 Å². The number of aromatic nitrogens is 1. The van der Waals surface area contributed by atoms with E-state index in [1.165, 1.54) is 6.07 Å². The van der Waals surface area contributed by atoms with Gasteiger partial charge in [0.05, 0.1) is 0 Å². The summed E-state index contributed by atoms with van der Waals surface area (Å²) < 4.78 is 0. The summed E-state index contributed by atoms with van der Waals surface area (Å²) in [5, 5.41) is 9.73. The van der Waals surface area contributed by atoms with Gasteiger partial charge in [0, 0.05) is 17.6 Å². The van der Waals surface area contributed by atoms with Crippen molar-refractivity contribution in [2.45, 2.75) is 25.3 Å². The van der Waals surface area contributed by atoms with Gasteiger partial charge in [-0.2, -0.15) is 0 Å². The van der Waals surface area contributed by atoms with Crippen LogP contribution >= 0.6 is 11.6 Å². The first-order valence-electron chi connectivity index (χ1n) is 7.81. The summed E-state index contributed by atoms with van der Waals surface area (Å²) in [4.78, 5) is 29.5. The van der Waals surface area contributed by atoms with Gasteiger partial charge in [0.15, 0.2) is 0 Å². The summed E-state index contributed by atoms with van der Waals surface area (Å²) >= 11 is 6.22. The lowest BCUT2D eigenvalue weighted by Crippen LogP contribution is -2.37. The molecule has 0 bridgehead atoms. The normalized spacial score (nSPS) is 17.0. The van der Waals surface area contributed by atoms with Crippen molar-refractivity contribution in [3.8, 4) is 0 Å². The Hall–Kier alpha value is -2.40. The number of carbonyl (C=O) groups is 2. The molecule has 6 heteroatoms. The standard InChI is InChI=1S/C18H17ClN2O3/c19-14-7-2-1-5-12(14)11-13-6-4-10-21(13)17(22)15-8-3-9-16(20-15)18(23)24/h1-3,5,7-9,13H,4,6,10-11H2,(H,23,24). The Labute approximate surface area is 144 Å². The number of amides is 1. The maximum atomic E-state index is 12.7. The Kier molecular flexibility index (Phi) is 4.81. The van der Waals surface area contributed by atoms with E-state index < -0.39 is 5.97 Å². The van der Waals surface area contributed by atoms with Crippen LogP contribution in [0.15, 0.2) is 42.5 Å². The highest BCUT2D eigenvalue weighted by molar-refractivity contribution is 6.31. The minimum Gasteiger partial charge on any atom is -0.477 e. The first kappa shape index (κ1) is 16.5. The molecular weight excluding hydrogens is 328 g/mol. The smallest absolute Gasteiger partial charge is 0.354 e. The minimum absolute atomic E-state index is 0.0488. The van der Waals surface area contributed by atoms with Crippen LogP contribution in [0.4, 0.5) is 0 Å². The van der Waals surface area contributed by atoms with Crippen LogP contribution in [-0.4, -0.2) is 39.5 Å². The Morgan fingerprint density at radius 2 is 1.92 bits per heavy atom. The second-order valence-corrected chi connectivity index (χ2v) is 6.21. The summed E-state index contributed by atoms with van der Waals surface area (Å²) in [6, 6.07) is 12.1. The van der Waals surface area contributed by atoms with Gasteiger partial charge in [0.1, 0.15) is 11.4 Å². The van der Waals surface area contributed by atoms with Crippen molar-refractivity contribution in [3.05, 3.63) is 64.4 Å². The zero-order valence-corrected chi connectivity index (χ0v) is 13.7. The highest BCUT2D eigenvalue weighted by Crippen LogP contribution is 2.26. The number of carboxylic acid groups (broad SMARTS) is 1. The zero-order chi connectivity index (χ0) is 17.1. The number of carbonyl (C=O) groups excluding carboxylic acids is 1. The van der Waals surface area contributed by atoms with Crippen molar-refractivity contribution >= 4 is 23.5 Å². The molecule has 1 aromatic heterocycles. The van der Waals surface area contributed by atoms with E-state index in [2.05, 4.69) is 4.98 Å². The maximum Gasteiger partial charge on any atom is 0.354 e. The fourth-order valence-electron chi connectivity index (χ4n) is 3.05. The monoisotopic (exact) mass is 344 g/mol. The van der Waals surface area contributed by atoms with Crippen molar-refractivity contribution in [2.75, 3.05) is 6.54 Å². The second kappa shape index (κ2) is 7.01. The van der Waals surface area contributed by atoms with Gasteiger partial charge in [-0.3, -0.25) is 4.79 Å². The SMILES string of the molecule is O=C(O)c1cccc(C(=O)N2CCCC2Cc2ccccc2Cl)n1. The summed E-state index contributed by atoms with van der Waals surface area (Å²) in [6.07, 6.45) is 2.50. The molecule has 1 aliphatic rings. The molecule has 2 heterocycles. The third kappa shape index (κ3) is 3.41. The molecule has 3 rings (SSSR count). The third-order valence-corrected chi connectivity index (χ3v) is 4.61. The molecule has 1 amide bonds. The number of rotatable bonds is 4. The summed E-state index contributed by atoms with van der Waals surface area (Å²) in [7, 11) is 0. The van der Waals surface area contributed by atoms with E-state index in [0.717, 1.165) is 18.4 Å². The molecule has 1 fully saturated rings. The fourth-order valence-corrected chi connectivity index (χ4v) is 3.27. The van der Waals surface area contributed by atoms with Crippen molar-refractivity contribution in [1.29, 1.82) is 0 Å². The van der Waals surface area contributed by atoms with Crippen LogP contribution in [0.3, 0.4) is 0 Å². The Morgan fingerprint density at radius 3 is 2.67 bits per heavy atom. The maximum absolute atomic E-state index is 12.7. The number of carboxylic acids is 1. The summed E-state index contributed by atoms with van der Waals surface area (Å²) in [5.41, 5.74) is 1.06. The number of nitrogens with zero attached hydrogens (tertiary/aromatic N) is 2. The second-order valence-electron chi connectivity index (χ2n) is 5.80. The molecule has 0 radical (unpaired) electrons. The molecule has 5 nitrogen and oxygen atoms in total. The van der Waals surface area contributed by atoms with Crippen LogP contribution in [-0.2, 0) is 6.42 Å². The lowest BCUT2D eigenvalue weighted by atomic mass is 10.0. The van der Waals surface area contributed by atoms with E-state index in [9.17, 15) is 9.59 Å². The molecular formula is C18H17ClN2O3. The highest BCUT2D eigenvalue weighted by atomic mass is 35.5. The van der Waals surface area contributed by atoms with Crippen LogP contribution in [0.2, 0.25) is 5.02 Å². The molecule has 1 unspecified atom stereocenters. The van der Waals surface area contributed by atoms with Gasteiger partial charge in [-0.25, -0.2) is 9.78 Å². The van der Waals surface area contributed by atoms with Gasteiger partial charge in [-0.05, 0) is 43.0 Å². The van der Waals surface area contributed by atoms with Gasteiger partial charge in [-0.15, -0.1) is 0 Å². The number of halogens is 1. The molecule has 1 saturated heterocycles. The van der Waals surface area contributed by atoms with Crippen LogP contribution in [0.25, 0.3) is 0 Å². The Morgan fingerprint density at radius 1 is 1.17 bits per heavy atom. The lowest BCUT2D eigenvalue weighted by Gasteiger charge is -2.25. The molecule has 1 N–H and O–H groups in total. The quantitative estimate of drug-likeness (QED) is 0.924. The van der Waals surface area contributed by atoms with E-state index in [1.807, 2.05) is 24.3 Å². The number of pyridine rings is 1. The van der Waals surface area contributed by atoms with Crippen LogP contribution < -0.4 is 0 Å². The number of aromatic carboxylic acids is 1. The Balaban J connectivity index is 1.80. The average molecular weight is 345 g/mol. The Bertz CT molecular complexity index is 778. The predicted molar refractivity (Wildman–Crippen MR) is 90.4 cm³/mol. The molecule has 1 aromatic carbocycles. The van der Waals surface area contributed by atoms with E-state index in [-0.39, 0.29) is 23.3 Å². The predicted octanol–water partition coefficient (Wildman–Crippen LogP) is 3.28. The van der Waals surface area contributed by atoms with Gasteiger partial charge in [-0.1, -0.05) is 35.9 Å². The first-order chi connectivity index (χ1) is 11.6. The number of hydrogen-bond donors (Lipinski definition) is 1. The number of hydrogen-bond acceptors (Lipinski definition) is 3. The molecule has 0 spiro atoms. The molecule has 1 aliphatic heterocycles. The van der Waals surface area contributed by atoms with Gasteiger partial charge < -0.3 is 10.0 Å². The highest BCUT2D eigenvalue weighted by Gasteiger charge is 2.30. The average Bonchev–Trinajstić information content (AvgIpc) is 3.04. The van der Waals surface area contributed by atoms with Gasteiger partial charge in [0.25, 0.3) is 5.91 Å². The molecule has 124 valence electrons. The van der Waals surface area contributed by atoms with E-state index in [1.54, 1.807) is 17.0 Å². The lowest BCUT2D eigenvalue weighted by molar-refractivity contribution is 0.0689. The number of benzene rings is 1. The fraction of sp³-hybridized carbons (Fsp3) is 0.278. The van der Waals surface area contributed by atoms with Gasteiger partial charge in [0.2, 0.25) is 0 Å². The summed E-state index contributed by atoms with van der Waals surface area (Å²) in [5.74, 6) is -1.37. The van der Waals surface area contributed by atoms with Crippen molar-refractivity contribution in [1.82, 2.24) is 9.88 Å². The molecule has 0 aliphatic carbocycles. The molecule has 0 saturated carbocycles. The van der Waals surface area contributed by atoms with Crippen molar-refractivity contribution < 1.29 is 14.7 Å².